The van der Waals surface area contributed by atoms with Crippen molar-refractivity contribution in [2.75, 3.05) is 27.2 Å². The Labute approximate surface area is 343 Å². The smallest absolute Gasteiger partial charge is 0.306 e. The zero-order valence-electron chi connectivity index (χ0n) is 36.5. The lowest BCUT2D eigenvalue weighted by Crippen LogP contribution is -2.42. The zero-order chi connectivity index (χ0) is 40.9. The predicted octanol–water partition coefficient (Wildman–Crippen LogP) is 11.5. The molecule has 0 bridgehead atoms. The van der Waals surface area contributed by atoms with Crippen molar-refractivity contribution in [3.8, 4) is 0 Å². The van der Waals surface area contributed by atoms with Gasteiger partial charge in [0.2, 0.25) is 0 Å². The number of nitrogens with zero attached hydrogens (tertiary/aromatic N) is 1. The van der Waals surface area contributed by atoms with Crippen molar-refractivity contribution in [2.24, 2.45) is 0 Å². The summed E-state index contributed by atoms with van der Waals surface area (Å²) in [5.41, 5.74) is 0. The Hall–Kier alpha value is -2.23. The monoisotopic (exact) mass is 792 g/mol. The second kappa shape index (κ2) is 37.1. The van der Waals surface area contributed by atoms with E-state index in [4.69, 9.17) is 18.9 Å². The summed E-state index contributed by atoms with van der Waals surface area (Å²) in [4.78, 5) is 40.2. The average molecular weight is 792 g/mol. The van der Waals surface area contributed by atoms with E-state index < -0.39 is 42.5 Å². The molecular weight excluding hydrogens is 707 g/mol. The summed E-state index contributed by atoms with van der Waals surface area (Å²) in [6, 6.07) is 0. The minimum Gasteiger partial charge on any atom is -0.463 e. The molecule has 1 unspecified atom stereocenters. The summed E-state index contributed by atoms with van der Waals surface area (Å²) in [6.45, 7) is 5.05. The third kappa shape index (κ3) is 29.9. The molecule has 1 aliphatic heterocycles. The Morgan fingerprint density at radius 2 is 0.893 bits per heavy atom. The van der Waals surface area contributed by atoms with Gasteiger partial charge in [0, 0.05) is 19.3 Å². The molecule has 9 heteroatoms. The van der Waals surface area contributed by atoms with Crippen molar-refractivity contribution in [3.63, 3.8) is 0 Å². The molecule has 326 valence electrons. The van der Waals surface area contributed by atoms with Crippen molar-refractivity contribution in [1.29, 1.82) is 0 Å². The molecule has 56 heavy (non-hydrogen) atoms. The molecule has 9 nitrogen and oxygen atoms in total. The average Bonchev–Trinajstić information content (AvgIpc) is 3.45. The molecule has 1 fully saturated rings. The zero-order valence-corrected chi connectivity index (χ0v) is 36.5. The molecule has 0 aromatic heterocycles. The minimum absolute atomic E-state index is 0.203. The largest absolute Gasteiger partial charge is 0.463 e. The van der Waals surface area contributed by atoms with Crippen LogP contribution in [-0.2, 0) is 33.3 Å². The standard InChI is InChI=1S/C47H85NO8/c1-5-7-9-11-13-15-17-19-21-23-25-27-29-31-33-36-43(50)55-45-41(40-53-42(49)38-35-39-48(3)4)54-47(52)46(45)56-44(51)37-34-32-30-28-26-24-22-20-18-16-14-12-10-8-6-2/h19-22,41,45-47,52H,5-18,23-40H2,1-4H3/b21-19-,22-20-/t41-,45+,46?,47-/m1/s1. The van der Waals surface area contributed by atoms with Crippen LogP contribution < -0.4 is 0 Å². The van der Waals surface area contributed by atoms with E-state index >= 15 is 0 Å². The van der Waals surface area contributed by atoms with E-state index in [-0.39, 0.29) is 25.9 Å². The van der Waals surface area contributed by atoms with E-state index in [1.165, 1.54) is 89.9 Å². The van der Waals surface area contributed by atoms with Gasteiger partial charge < -0.3 is 29.0 Å². The number of unbranched alkanes of at least 4 members (excludes halogenated alkanes) is 22. The van der Waals surface area contributed by atoms with Crippen LogP contribution in [0.1, 0.15) is 206 Å². The molecule has 0 amide bonds. The number of carbonyl (C=O) groups is 3. The number of carbonyl (C=O) groups excluding carboxylic acids is 3. The molecule has 0 radical (unpaired) electrons. The molecule has 1 heterocycles. The molecule has 0 spiro atoms. The fourth-order valence-electron chi connectivity index (χ4n) is 7.00. The van der Waals surface area contributed by atoms with Crippen LogP contribution in [0.4, 0.5) is 0 Å². The first-order chi connectivity index (χ1) is 27.3. The number of aliphatic hydroxyl groups excluding tert-OH is 1. The van der Waals surface area contributed by atoms with Crippen molar-refractivity contribution < 1.29 is 38.4 Å². The van der Waals surface area contributed by atoms with Crippen LogP contribution >= 0.6 is 0 Å². The summed E-state index contributed by atoms with van der Waals surface area (Å²) in [5.74, 6) is -1.30. The van der Waals surface area contributed by atoms with Crippen LogP contribution in [-0.4, -0.2) is 79.8 Å². The van der Waals surface area contributed by atoms with E-state index in [1.807, 2.05) is 19.0 Å². The van der Waals surface area contributed by atoms with E-state index in [1.54, 1.807) is 0 Å². The number of rotatable bonds is 38. The maximum atomic E-state index is 13.0. The third-order valence-corrected chi connectivity index (χ3v) is 10.5. The fraction of sp³-hybridized carbons (Fsp3) is 0.851. The number of esters is 3. The van der Waals surface area contributed by atoms with Crippen molar-refractivity contribution >= 4 is 17.9 Å². The molecular formula is C47H85NO8. The van der Waals surface area contributed by atoms with Gasteiger partial charge in [0.05, 0.1) is 0 Å². The van der Waals surface area contributed by atoms with Crippen LogP contribution in [0.15, 0.2) is 24.3 Å². The minimum atomic E-state index is -1.48. The predicted molar refractivity (Wildman–Crippen MR) is 228 cm³/mol. The van der Waals surface area contributed by atoms with Gasteiger partial charge in [-0.15, -0.1) is 0 Å². The third-order valence-electron chi connectivity index (χ3n) is 10.5. The summed E-state index contributed by atoms with van der Waals surface area (Å²) in [5, 5.41) is 10.7. The fourth-order valence-corrected chi connectivity index (χ4v) is 7.00. The highest BCUT2D eigenvalue weighted by Gasteiger charge is 2.49. The first-order valence-electron chi connectivity index (χ1n) is 23.1. The topological polar surface area (TPSA) is 112 Å². The molecule has 1 saturated heterocycles. The molecule has 0 saturated carbocycles. The van der Waals surface area contributed by atoms with Gasteiger partial charge in [-0.2, -0.15) is 0 Å². The van der Waals surface area contributed by atoms with Crippen LogP contribution in [0.5, 0.6) is 0 Å². The van der Waals surface area contributed by atoms with Crippen LogP contribution in [0.25, 0.3) is 0 Å². The summed E-state index contributed by atoms with van der Waals surface area (Å²) in [7, 11) is 3.88. The maximum absolute atomic E-state index is 13.0. The molecule has 0 aliphatic carbocycles. The van der Waals surface area contributed by atoms with E-state index in [9.17, 15) is 19.5 Å². The number of hydrogen-bond donors (Lipinski definition) is 1. The van der Waals surface area contributed by atoms with Crippen molar-refractivity contribution in [1.82, 2.24) is 4.90 Å². The number of ether oxygens (including phenoxy) is 4. The number of hydrogen-bond acceptors (Lipinski definition) is 9. The molecule has 0 aromatic carbocycles. The molecule has 1 N–H and O–H groups in total. The first-order valence-corrected chi connectivity index (χ1v) is 23.1. The Balaban J connectivity index is 2.42. The normalized spacial score (nSPS) is 18.4. The van der Waals surface area contributed by atoms with Gasteiger partial charge in [0.15, 0.2) is 18.5 Å². The highest BCUT2D eigenvalue weighted by molar-refractivity contribution is 5.71. The highest BCUT2D eigenvalue weighted by Crippen LogP contribution is 2.27. The van der Waals surface area contributed by atoms with Gasteiger partial charge in [-0.3, -0.25) is 14.4 Å². The lowest BCUT2D eigenvalue weighted by molar-refractivity contribution is -0.177. The van der Waals surface area contributed by atoms with Gasteiger partial charge in [-0.1, -0.05) is 141 Å². The van der Waals surface area contributed by atoms with E-state index in [0.29, 0.717) is 19.3 Å². The molecule has 0 aromatic rings. The highest BCUT2D eigenvalue weighted by atomic mass is 16.7. The number of aliphatic hydroxyl groups is 1. The molecule has 1 rings (SSSR count). The van der Waals surface area contributed by atoms with Crippen molar-refractivity contribution in [2.45, 2.75) is 231 Å². The summed E-state index contributed by atoms with van der Waals surface area (Å²) >= 11 is 0. The second-order valence-electron chi connectivity index (χ2n) is 16.2. The molecule has 4 atom stereocenters. The summed E-state index contributed by atoms with van der Waals surface area (Å²) in [6.07, 6.45) is 36.2. The Morgan fingerprint density at radius 3 is 1.32 bits per heavy atom. The van der Waals surface area contributed by atoms with Crippen molar-refractivity contribution in [3.05, 3.63) is 24.3 Å². The summed E-state index contributed by atoms with van der Waals surface area (Å²) < 4.78 is 22.5. The second-order valence-corrected chi connectivity index (χ2v) is 16.2. The van der Waals surface area contributed by atoms with Crippen LogP contribution in [0, 0.1) is 0 Å². The Kier molecular flexibility index (Phi) is 34.3. The van der Waals surface area contributed by atoms with Gasteiger partial charge in [-0.25, -0.2) is 0 Å². The Morgan fingerprint density at radius 1 is 0.518 bits per heavy atom. The maximum Gasteiger partial charge on any atom is 0.306 e. The lowest BCUT2D eigenvalue weighted by atomic mass is 10.1. The quantitative estimate of drug-likeness (QED) is 0.0283. The number of allylic oxidation sites excluding steroid dienone is 4. The van der Waals surface area contributed by atoms with Gasteiger partial charge >= 0.3 is 17.9 Å². The SMILES string of the molecule is CCCCCCCC/C=C\CCCCCCCC(=O)OC1[C@H](O)O[C@H](COC(=O)CCCN(C)C)[C@@H]1OC(=O)CCCCCCC/C=C\CCCCCCCC. The van der Waals surface area contributed by atoms with E-state index in [2.05, 4.69) is 38.2 Å². The lowest BCUT2D eigenvalue weighted by Gasteiger charge is -2.23. The Bertz CT molecular complexity index is 1010. The van der Waals surface area contributed by atoms with Gasteiger partial charge in [0.25, 0.3) is 0 Å². The van der Waals surface area contributed by atoms with Crippen LogP contribution in [0.2, 0.25) is 0 Å². The van der Waals surface area contributed by atoms with E-state index in [0.717, 1.165) is 70.8 Å². The first kappa shape index (κ1) is 51.8. The molecule has 1 aliphatic rings. The van der Waals surface area contributed by atoms with Crippen LogP contribution in [0.3, 0.4) is 0 Å². The van der Waals surface area contributed by atoms with Gasteiger partial charge in [0.1, 0.15) is 12.7 Å². The van der Waals surface area contributed by atoms with Gasteiger partial charge in [-0.05, 0) is 91.3 Å².